The molecule has 0 saturated heterocycles. The number of fused-ring (bicyclic) bond motifs is 1. The molecule has 1 amide bonds. The molecule has 0 aliphatic rings. The molecule has 0 fully saturated rings. The van der Waals surface area contributed by atoms with E-state index in [1.165, 1.54) is 0 Å². The van der Waals surface area contributed by atoms with Crippen molar-refractivity contribution >= 4 is 17.2 Å². The van der Waals surface area contributed by atoms with Gasteiger partial charge in [-0.25, -0.2) is 0 Å². The Hall–Kier alpha value is -3.67. The van der Waals surface area contributed by atoms with Gasteiger partial charge in [-0.2, -0.15) is 0 Å². The fourth-order valence-electron chi connectivity index (χ4n) is 2.93. The summed E-state index contributed by atoms with van der Waals surface area (Å²) in [6.07, 6.45) is 2.01. The Morgan fingerprint density at radius 2 is 1.82 bits per heavy atom. The number of amides is 1. The number of carbonyl (C=O) groups is 1. The van der Waals surface area contributed by atoms with Crippen LogP contribution in [0.1, 0.15) is 24.2 Å². The average molecular weight is 372 g/mol. The predicted octanol–water partition coefficient (Wildman–Crippen LogP) is 4.44. The van der Waals surface area contributed by atoms with E-state index in [1.54, 1.807) is 24.3 Å². The largest absolute Gasteiger partial charge is 0.491 e. The molecule has 4 rings (SSSR count). The van der Waals surface area contributed by atoms with Crippen LogP contribution in [-0.2, 0) is 0 Å². The number of ether oxygens (including phenoxy) is 1. The van der Waals surface area contributed by atoms with Gasteiger partial charge in [0, 0.05) is 23.0 Å². The van der Waals surface area contributed by atoms with Crippen molar-refractivity contribution < 1.29 is 9.53 Å². The molecule has 0 aliphatic heterocycles. The van der Waals surface area contributed by atoms with Gasteiger partial charge in [0.2, 0.25) is 0 Å². The monoisotopic (exact) mass is 372 g/mol. The molecular weight excluding hydrogens is 352 g/mol. The van der Waals surface area contributed by atoms with Gasteiger partial charge in [0.25, 0.3) is 5.91 Å². The van der Waals surface area contributed by atoms with Crippen LogP contribution in [0.15, 0.2) is 72.9 Å². The summed E-state index contributed by atoms with van der Waals surface area (Å²) in [4.78, 5) is 12.6. The summed E-state index contributed by atoms with van der Waals surface area (Å²) in [5, 5.41) is 11.4. The lowest BCUT2D eigenvalue weighted by Crippen LogP contribution is -2.12. The van der Waals surface area contributed by atoms with Gasteiger partial charge in [0.1, 0.15) is 5.75 Å². The Labute approximate surface area is 162 Å². The van der Waals surface area contributed by atoms with Crippen LogP contribution in [0.2, 0.25) is 0 Å². The summed E-state index contributed by atoms with van der Waals surface area (Å²) in [7, 11) is 0. The van der Waals surface area contributed by atoms with E-state index < -0.39 is 0 Å². The second-order valence-electron chi connectivity index (χ2n) is 6.68. The SMILES string of the molecule is CC(C)Oc1ccc(C(=O)Nc2cccc(-c3nnc4ccccn34)c2)cc1. The lowest BCUT2D eigenvalue weighted by Gasteiger charge is -2.10. The second kappa shape index (κ2) is 7.52. The number of rotatable bonds is 5. The molecule has 0 bridgehead atoms. The van der Waals surface area contributed by atoms with Gasteiger partial charge in [-0.1, -0.05) is 18.2 Å². The molecule has 2 aromatic carbocycles. The topological polar surface area (TPSA) is 68.5 Å². The van der Waals surface area contributed by atoms with Gasteiger partial charge in [-0.05, 0) is 62.4 Å². The highest BCUT2D eigenvalue weighted by molar-refractivity contribution is 6.04. The van der Waals surface area contributed by atoms with Crippen LogP contribution in [0.3, 0.4) is 0 Å². The first-order valence-corrected chi connectivity index (χ1v) is 9.08. The van der Waals surface area contributed by atoms with Crippen molar-refractivity contribution in [3.8, 4) is 17.1 Å². The zero-order chi connectivity index (χ0) is 19.5. The zero-order valence-corrected chi connectivity index (χ0v) is 15.7. The number of aromatic nitrogens is 3. The van der Waals surface area contributed by atoms with Crippen LogP contribution in [0.4, 0.5) is 5.69 Å². The van der Waals surface area contributed by atoms with Crippen LogP contribution in [-0.4, -0.2) is 26.6 Å². The van der Waals surface area contributed by atoms with Crippen LogP contribution >= 0.6 is 0 Å². The summed E-state index contributed by atoms with van der Waals surface area (Å²) in [5.74, 6) is 1.29. The second-order valence-corrected chi connectivity index (χ2v) is 6.68. The molecule has 0 aliphatic carbocycles. The molecule has 6 nitrogen and oxygen atoms in total. The summed E-state index contributed by atoms with van der Waals surface area (Å²) < 4.78 is 7.52. The third kappa shape index (κ3) is 3.71. The normalized spacial score (nSPS) is 11.0. The highest BCUT2D eigenvalue weighted by Crippen LogP contribution is 2.22. The van der Waals surface area contributed by atoms with Crippen LogP contribution in [0.25, 0.3) is 17.0 Å². The van der Waals surface area contributed by atoms with Crippen molar-refractivity contribution in [1.29, 1.82) is 0 Å². The number of hydrogen-bond donors (Lipinski definition) is 1. The first-order valence-electron chi connectivity index (χ1n) is 9.08. The Morgan fingerprint density at radius 3 is 2.61 bits per heavy atom. The number of hydrogen-bond acceptors (Lipinski definition) is 4. The van der Waals surface area contributed by atoms with Crippen molar-refractivity contribution in [2.45, 2.75) is 20.0 Å². The highest BCUT2D eigenvalue weighted by Gasteiger charge is 2.10. The number of benzene rings is 2. The molecule has 0 atom stereocenters. The minimum atomic E-state index is -0.181. The molecule has 0 spiro atoms. The smallest absolute Gasteiger partial charge is 0.255 e. The van der Waals surface area contributed by atoms with Crippen molar-refractivity contribution in [3.63, 3.8) is 0 Å². The number of pyridine rings is 1. The van der Waals surface area contributed by atoms with E-state index in [2.05, 4.69) is 15.5 Å². The van der Waals surface area contributed by atoms with Crippen molar-refractivity contribution in [1.82, 2.24) is 14.6 Å². The minimum Gasteiger partial charge on any atom is -0.491 e. The third-order valence-electron chi connectivity index (χ3n) is 4.18. The van der Waals surface area contributed by atoms with Crippen molar-refractivity contribution in [2.75, 3.05) is 5.32 Å². The Bertz CT molecular complexity index is 1120. The first-order chi connectivity index (χ1) is 13.6. The minimum absolute atomic E-state index is 0.0932. The van der Waals surface area contributed by atoms with Crippen LogP contribution in [0.5, 0.6) is 5.75 Å². The maximum absolute atomic E-state index is 12.6. The molecule has 0 radical (unpaired) electrons. The number of carbonyl (C=O) groups excluding carboxylic acids is 1. The van der Waals surface area contributed by atoms with Gasteiger partial charge < -0.3 is 10.1 Å². The van der Waals surface area contributed by atoms with Gasteiger partial charge in [-0.3, -0.25) is 9.20 Å². The molecule has 1 N–H and O–H groups in total. The number of nitrogens with zero attached hydrogens (tertiary/aromatic N) is 3. The van der Waals surface area contributed by atoms with E-state index in [-0.39, 0.29) is 12.0 Å². The van der Waals surface area contributed by atoms with E-state index in [0.717, 1.165) is 22.8 Å². The summed E-state index contributed by atoms with van der Waals surface area (Å²) >= 11 is 0. The summed E-state index contributed by atoms with van der Waals surface area (Å²) in [6.45, 7) is 3.93. The van der Waals surface area contributed by atoms with Gasteiger partial charge in [-0.15, -0.1) is 10.2 Å². The lowest BCUT2D eigenvalue weighted by atomic mass is 10.1. The third-order valence-corrected chi connectivity index (χ3v) is 4.18. The summed E-state index contributed by atoms with van der Waals surface area (Å²) in [6, 6.07) is 20.4. The van der Waals surface area contributed by atoms with Crippen LogP contribution in [0, 0.1) is 0 Å². The molecule has 6 heteroatoms. The van der Waals surface area contributed by atoms with E-state index in [9.17, 15) is 4.79 Å². The molecule has 0 saturated carbocycles. The molecular formula is C22H20N4O2. The molecule has 140 valence electrons. The first kappa shape index (κ1) is 17.7. The standard InChI is InChI=1S/C22H20N4O2/c1-15(2)28-19-11-9-16(10-12-19)22(27)23-18-7-5-6-17(14-18)21-25-24-20-8-3-4-13-26(20)21/h3-15H,1-2H3,(H,23,27). The Morgan fingerprint density at radius 1 is 1.00 bits per heavy atom. The van der Waals surface area contributed by atoms with Crippen molar-refractivity contribution in [2.24, 2.45) is 0 Å². The van der Waals surface area contributed by atoms with E-state index in [4.69, 9.17) is 4.74 Å². The quantitative estimate of drug-likeness (QED) is 0.562. The summed E-state index contributed by atoms with van der Waals surface area (Å²) in [5.41, 5.74) is 2.90. The zero-order valence-electron chi connectivity index (χ0n) is 15.7. The van der Waals surface area contributed by atoms with Crippen LogP contribution < -0.4 is 10.1 Å². The molecule has 4 aromatic rings. The Balaban J connectivity index is 1.54. The Kier molecular flexibility index (Phi) is 4.76. The predicted molar refractivity (Wildman–Crippen MR) is 109 cm³/mol. The van der Waals surface area contributed by atoms with E-state index in [0.29, 0.717) is 11.3 Å². The molecule has 2 heterocycles. The number of nitrogens with one attached hydrogen (secondary N) is 1. The fraction of sp³-hybridized carbons (Fsp3) is 0.136. The van der Waals surface area contributed by atoms with Gasteiger partial charge in [0.05, 0.1) is 6.10 Å². The maximum Gasteiger partial charge on any atom is 0.255 e. The van der Waals surface area contributed by atoms with E-state index >= 15 is 0 Å². The maximum atomic E-state index is 12.6. The molecule has 28 heavy (non-hydrogen) atoms. The highest BCUT2D eigenvalue weighted by atomic mass is 16.5. The fourth-order valence-corrected chi connectivity index (χ4v) is 2.93. The lowest BCUT2D eigenvalue weighted by molar-refractivity contribution is 0.102. The van der Waals surface area contributed by atoms with Gasteiger partial charge >= 0.3 is 0 Å². The molecule has 2 aromatic heterocycles. The molecule has 0 unspecified atom stereocenters. The van der Waals surface area contributed by atoms with Crippen molar-refractivity contribution in [3.05, 3.63) is 78.5 Å². The number of anilines is 1. The van der Waals surface area contributed by atoms with E-state index in [1.807, 2.05) is 66.9 Å². The van der Waals surface area contributed by atoms with Gasteiger partial charge in [0.15, 0.2) is 11.5 Å². The average Bonchev–Trinajstić information content (AvgIpc) is 3.12.